The molecule has 2 amide bonds. The summed E-state index contributed by atoms with van der Waals surface area (Å²) in [6.45, 7) is 5.08. The highest BCUT2D eigenvalue weighted by Crippen LogP contribution is 2.49. The van der Waals surface area contributed by atoms with E-state index in [-0.39, 0.29) is 11.9 Å². The molecule has 5 nitrogen and oxygen atoms in total. The zero-order valence-corrected chi connectivity index (χ0v) is 13.2. The van der Waals surface area contributed by atoms with Crippen LogP contribution in [-0.2, 0) is 9.59 Å². The van der Waals surface area contributed by atoms with Gasteiger partial charge in [-0.15, -0.1) is 0 Å². The fraction of sp³-hybridized carbons (Fsp3) is 0.875. The average Bonchev–Trinajstić information content (AvgIpc) is 3.10. The number of hydrogen-bond donors (Lipinski definition) is 1. The van der Waals surface area contributed by atoms with Gasteiger partial charge in [-0.25, -0.2) is 0 Å². The number of carbonyl (C=O) groups is 2. The third kappa shape index (κ3) is 3.07. The Balaban J connectivity index is 1.50. The van der Waals surface area contributed by atoms with Crippen molar-refractivity contribution in [2.24, 2.45) is 17.8 Å². The Morgan fingerprint density at radius 1 is 1.10 bits per heavy atom. The second kappa shape index (κ2) is 5.95. The smallest absolute Gasteiger partial charge is 0.311 e. The summed E-state index contributed by atoms with van der Waals surface area (Å²) in [5, 5.41) is 2.97. The summed E-state index contributed by atoms with van der Waals surface area (Å²) in [6.07, 6.45) is 5.23. The fourth-order valence-electron chi connectivity index (χ4n) is 4.44. The number of amides is 2. The lowest BCUT2D eigenvalue weighted by Crippen LogP contribution is -2.53. The van der Waals surface area contributed by atoms with Gasteiger partial charge in [-0.05, 0) is 51.0 Å². The second-order valence-electron chi connectivity index (χ2n) is 7.20. The molecule has 0 aromatic heterocycles. The summed E-state index contributed by atoms with van der Waals surface area (Å²) in [7, 11) is 2.04. The summed E-state index contributed by atoms with van der Waals surface area (Å²) in [5.41, 5.74) is 0. The predicted octanol–water partition coefficient (Wildman–Crippen LogP) is 0.701. The molecular weight excluding hydrogens is 266 g/mol. The van der Waals surface area contributed by atoms with Gasteiger partial charge in [-0.1, -0.05) is 6.42 Å². The van der Waals surface area contributed by atoms with Crippen LogP contribution >= 0.6 is 0 Å². The van der Waals surface area contributed by atoms with Gasteiger partial charge in [0, 0.05) is 32.2 Å². The van der Waals surface area contributed by atoms with Crippen LogP contribution in [0.3, 0.4) is 0 Å². The van der Waals surface area contributed by atoms with Crippen LogP contribution in [0, 0.1) is 17.8 Å². The summed E-state index contributed by atoms with van der Waals surface area (Å²) in [4.78, 5) is 28.3. The molecule has 21 heavy (non-hydrogen) atoms. The Bertz CT molecular complexity index is 418. The van der Waals surface area contributed by atoms with E-state index in [1.807, 2.05) is 7.05 Å². The summed E-state index contributed by atoms with van der Waals surface area (Å²) < 4.78 is 0. The molecule has 0 spiro atoms. The van der Waals surface area contributed by atoms with Crippen molar-refractivity contribution in [3.05, 3.63) is 0 Å². The Labute approximate surface area is 127 Å². The lowest BCUT2D eigenvalue weighted by Gasteiger charge is -2.33. The maximum absolute atomic E-state index is 12.2. The summed E-state index contributed by atoms with van der Waals surface area (Å²) in [6, 6.07) is 0.129. The second-order valence-corrected chi connectivity index (χ2v) is 7.20. The molecule has 2 bridgehead atoms. The average molecular weight is 293 g/mol. The maximum atomic E-state index is 12.2. The minimum absolute atomic E-state index is 0.129. The molecule has 5 heteroatoms. The first-order valence-corrected chi connectivity index (χ1v) is 8.33. The minimum Gasteiger partial charge on any atom is -0.345 e. The van der Waals surface area contributed by atoms with Crippen LogP contribution in [0.25, 0.3) is 0 Å². The Morgan fingerprint density at radius 3 is 2.38 bits per heavy atom. The molecule has 118 valence electrons. The van der Waals surface area contributed by atoms with Crippen LogP contribution < -0.4 is 5.32 Å². The zero-order chi connectivity index (χ0) is 15.0. The van der Waals surface area contributed by atoms with Crippen LogP contribution in [0.5, 0.6) is 0 Å². The Kier molecular flexibility index (Phi) is 4.20. The standard InChI is InChI=1S/C16H27N3O2/c1-11(14-10-12-3-4-13(14)9-12)17-15(20)16(21)19-7-5-18(2)6-8-19/h11-14H,3-10H2,1-2H3,(H,17,20). The van der Waals surface area contributed by atoms with Gasteiger partial charge in [0.15, 0.2) is 0 Å². The molecule has 1 N–H and O–H groups in total. The van der Waals surface area contributed by atoms with Crippen molar-refractivity contribution >= 4 is 11.8 Å². The maximum Gasteiger partial charge on any atom is 0.311 e. The quantitative estimate of drug-likeness (QED) is 0.763. The number of carbonyl (C=O) groups excluding carboxylic acids is 2. The van der Waals surface area contributed by atoms with Gasteiger partial charge in [0.05, 0.1) is 0 Å². The molecular formula is C16H27N3O2. The van der Waals surface area contributed by atoms with E-state index in [4.69, 9.17) is 0 Å². The molecule has 4 atom stereocenters. The van der Waals surface area contributed by atoms with E-state index in [2.05, 4.69) is 17.1 Å². The van der Waals surface area contributed by atoms with Gasteiger partial charge in [-0.2, -0.15) is 0 Å². The lowest BCUT2D eigenvalue weighted by molar-refractivity contribution is -0.147. The largest absolute Gasteiger partial charge is 0.345 e. The first-order chi connectivity index (χ1) is 10.0. The normalized spacial score (nSPS) is 34.0. The van der Waals surface area contributed by atoms with Gasteiger partial charge < -0.3 is 15.1 Å². The number of hydrogen-bond acceptors (Lipinski definition) is 3. The van der Waals surface area contributed by atoms with Crippen LogP contribution in [-0.4, -0.2) is 60.9 Å². The first kappa shape index (κ1) is 14.8. The molecule has 3 fully saturated rings. The highest BCUT2D eigenvalue weighted by atomic mass is 16.2. The number of rotatable bonds is 2. The number of nitrogens with zero attached hydrogens (tertiary/aromatic N) is 2. The van der Waals surface area contributed by atoms with Crippen molar-refractivity contribution in [2.75, 3.05) is 33.2 Å². The minimum atomic E-state index is -0.408. The van der Waals surface area contributed by atoms with Crippen molar-refractivity contribution in [1.82, 2.24) is 15.1 Å². The topological polar surface area (TPSA) is 52.7 Å². The first-order valence-electron chi connectivity index (χ1n) is 8.33. The van der Waals surface area contributed by atoms with E-state index < -0.39 is 5.91 Å². The third-order valence-electron chi connectivity index (χ3n) is 5.78. The van der Waals surface area contributed by atoms with Gasteiger partial charge in [-0.3, -0.25) is 9.59 Å². The molecule has 1 heterocycles. The number of likely N-dealkylation sites (N-methyl/N-ethyl adjacent to an activating group) is 1. The van der Waals surface area contributed by atoms with Gasteiger partial charge >= 0.3 is 11.8 Å². The highest BCUT2D eigenvalue weighted by molar-refractivity contribution is 6.35. The molecule has 0 aromatic rings. The van der Waals surface area contributed by atoms with E-state index in [9.17, 15) is 9.59 Å². The number of fused-ring (bicyclic) bond motifs is 2. The summed E-state index contributed by atoms with van der Waals surface area (Å²) in [5.74, 6) is 1.46. The molecule has 2 saturated carbocycles. The molecule has 0 aromatic carbocycles. The monoisotopic (exact) mass is 293 g/mol. The molecule has 4 unspecified atom stereocenters. The molecule has 3 aliphatic rings. The lowest BCUT2D eigenvalue weighted by atomic mass is 9.84. The van der Waals surface area contributed by atoms with Crippen molar-refractivity contribution in [2.45, 2.75) is 38.6 Å². The molecule has 1 saturated heterocycles. The third-order valence-corrected chi connectivity index (χ3v) is 5.78. The van der Waals surface area contributed by atoms with Crippen molar-refractivity contribution in [3.8, 4) is 0 Å². The predicted molar refractivity (Wildman–Crippen MR) is 80.6 cm³/mol. The molecule has 2 aliphatic carbocycles. The fourth-order valence-corrected chi connectivity index (χ4v) is 4.44. The van der Waals surface area contributed by atoms with E-state index in [1.165, 1.54) is 25.7 Å². The Morgan fingerprint density at radius 2 is 1.81 bits per heavy atom. The van der Waals surface area contributed by atoms with Gasteiger partial charge in [0.25, 0.3) is 0 Å². The number of nitrogens with one attached hydrogen (secondary N) is 1. The highest BCUT2D eigenvalue weighted by Gasteiger charge is 2.42. The van der Waals surface area contributed by atoms with Crippen molar-refractivity contribution in [3.63, 3.8) is 0 Å². The SMILES string of the molecule is CC(NC(=O)C(=O)N1CCN(C)CC1)C1CC2CCC1C2. The van der Waals surface area contributed by atoms with Crippen LogP contribution in [0.4, 0.5) is 0 Å². The van der Waals surface area contributed by atoms with Gasteiger partial charge in [0.1, 0.15) is 0 Å². The molecule has 1 aliphatic heterocycles. The van der Waals surface area contributed by atoms with E-state index in [1.54, 1.807) is 4.90 Å². The molecule has 0 radical (unpaired) electrons. The zero-order valence-electron chi connectivity index (χ0n) is 13.2. The van der Waals surface area contributed by atoms with Crippen LogP contribution in [0.1, 0.15) is 32.6 Å². The van der Waals surface area contributed by atoms with E-state index in [0.717, 1.165) is 24.9 Å². The van der Waals surface area contributed by atoms with Gasteiger partial charge in [0.2, 0.25) is 0 Å². The molecule has 3 rings (SSSR count). The Hall–Kier alpha value is -1.10. The van der Waals surface area contributed by atoms with E-state index in [0.29, 0.717) is 19.0 Å². The van der Waals surface area contributed by atoms with Crippen molar-refractivity contribution in [1.29, 1.82) is 0 Å². The number of piperazine rings is 1. The van der Waals surface area contributed by atoms with Crippen LogP contribution in [0.15, 0.2) is 0 Å². The summed E-state index contributed by atoms with van der Waals surface area (Å²) >= 11 is 0. The van der Waals surface area contributed by atoms with E-state index >= 15 is 0 Å². The van der Waals surface area contributed by atoms with Crippen molar-refractivity contribution < 1.29 is 9.59 Å². The van der Waals surface area contributed by atoms with Crippen LogP contribution in [0.2, 0.25) is 0 Å².